The second-order valence-electron chi connectivity index (χ2n) is 6.42. The predicted molar refractivity (Wildman–Crippen MR) is 102 cm³/mol. The van der Waals surface area contributed by atoms with E-state index in [4.69, 9.17) is 23.2 Å². The highest BCUT2D eigenvalue weighted by Gasteiger charge is 2.18. The number of methoxy groups -OCH3 is 1. The first-order chi connectivity index (χ1) is 12.2. The molecule has 3 nitrogen and oxygen atoms in total. The van der Waals surface area contributed by atoms with Crippen molar-refractivity contribution in [2.24, 2.45) is 0 Å². The number of hydrogen-bond donors (Lipinski definition) is 1. The molecule has 0 saturated heterocycles. The minimum atomic E-state index is -0.571. The van der Waals surface area contributed by atoms with Gasteiger partial charge in [0, 0.05) is 17.9 Å². The molecule has 0 aliphatic rings. The van der Waals surface area contributed by atoms with Gasteiger partial charge in [0.25, 0.3) is 0 Å². The fraction of sp³-hybridized carbons (Fsp3) is 0.350. The van der Waals surface area contributed by atoms with Crippen molar-refractivity contribution in [2.45, 2.75) is 39.0 Å². The van der Waals surface area contributed by atoms with Crippen LogP contribution in [0.15, 0.2) is 24.3 Å². The van der Waals surface area contributed by atoms with Gasteiger partial charge in [0.2, 0.25) is 0 Å². The van der Waals surface area contributed by atoms with Crippen molar-refractivity contribution in [1.82, 2.24) is 0 Å². The first kappa shape index (κ1) is 20.5. The number of ether oxygens (including phenoxy) is 1. The molecule has 0 amide bonds. The molecule has 6 heteroatoms. The Morgan fingerprint density at radius 3 is 2.58 bits per heavy atom. The van der Waals surface area contributed by atoms with E-state index in [0.29, 0.717) is 17.0 Å². The summed E-state index contributed by atoms with van der Waals surface area (Å²) in [6.07, 6.45) is 0.552. The molecular formula is C20H21Cl2FO3. The lowest BCUT2D eigenvalue weighted by atomic mass is 9.95. The van der Waals surface area contributed by atoms with Gasteiger partial charge in [0.1, 0.15) is 11.6 Å². The van der Waals surface area contributed by atoms with Gasteiger partial charge >= 0.3 is 5.97 Å². The lowest BCUT2D eigenvalue weighted by molar-refractivity contribution is -0.140. The third kappa shape index (κ3) is 4.68. The highest BCUT2D eigenvalue weighted by Crippen LogP contribution is 2.34. The molecule has 26 heavy (non-hydrogen) atoms. The van der Waals surface area contributed by atoms with Crippen LogP contribution in [0.2, 0.25) is 10.0 Å². The highest BCUT2D eigenvalue weighted by molar-refractivity contribution is 6.36. The Morgan fingerprint density at radius 2 is 1.96 bits per heavy atom. The van der Waals surface area contributed by atoms with Crippen molar-refractivity contribution in [3.05, 3.63) is 62.4 Å². The molecule has 1 N–H and O–H groups in total. The maximum Gasteiger partial charge on any atom is 0.305 e. The molecule has 0 aliphatic carbocycles. The van der Waals surface area contributed by atoms with Crippen LogP contribution in [0.1, 0.15) is 48.4 Å². The topological polar surface area (TPSA) is 46.5 Å². The molecule has 0 fully saturated rings. The van der Waals surface area contributed by atoms with E-state index in [1.807, 2.05) is 19.9 Å². The second kappa shape index (κ2) is 8.74. The van der Waals surface area contributed by atoms with E-state index in [1.165, 1.54) is 13.2 Å². The molecule has 140 valence electrons. The van der Waals surface area contributed by atoms with Gasteiger partial charge < -0.3 is 9.84 Å². The first-order valence-electron chi connectivity index (χ1n) is 8.28. The van der Waals surface area contributed by atoms with Gasteiger partial charge in [0.05, 0.1) is 12.1 Å². The molecule has 0 unspecified atom stereocenters. The fourth-order valence-corrected chi connectivity index (χ4v) is 3.38. The van der Waals surface area contributed by atoms with Crippen molar-refractivity contribution >= 4 is 29.2 Å². The summed E-state index contributed by atoms with van der Waals surface area (Å²) >= 11 is 12.5. The number of halogens is 3. The Hall–Kier alpha value is -1.78. The van der Waals surface area contributed by atoms with E-state index in [9.17, 15) is 14.3 Å². The molecule has 0 atom stereocenters. The zero-order chi connectivity index (χ0) is 19.4. The lowest BCUT2D eigenvalue weighted by Gasteiger charge is -2.14. The molecule has 0 aliphatic heterocycles. The number of aromatic hydroxyl groups is 1. The second-order valence-corrected chi connectivity index (χ2v) is 7.21. The average molecular weight is 399 g/mol. The maximum absolute atomic E-state index is 14.6. The number of rotatable bonds is 6. The summed E-state index contributed by atoms with van der Waals surface area (Å²) in [6.45, 7) is 3.96. The summed E-state index contributed by atoms with van der Waals surface area (Å²) < 4.78 is 19.2. The van der Waals surface area contributed by atoms with Crippen LogP contribution in [0, 0.1) is 5.82 Å². The number of benzene rings is 2. The third-order valence-electron chi connectivity index (χ3n) is 4.25. The molecule has 2 rings (SSSR count). The van der Waals surface area contributed by atoms with E-state index >= 15 is 0 Å². The van der Waals surface area contributed by atoms with Crippen LogP contribution in [0.25, 0.3) is 0 Å². The van der Waals surface area contributed by atoms with E-state index in [1.54, 1.807) is 12.1 Å². The van der Waals surface area contributed by atoms with Crippen LogP contribution in [-0.4, -0.2) is 18.2 Å². The number of phenolic OH excluding ortho intramolecular Hbond substituents is 1. The van der Waals surface area contributed by atoms with Crippen molar-refractivity contribution < 1.29 is 19.0 Å². The number of carbonyl (C=O) groups excluding carboxylic acids is 1. The van der Waals surface area contributed by atoms with Gasteiger partial charge in [-0.2, -0.15) is 0 Å². The van der Waals surface area contributed by atoms with Crippen LogP contribution in [0.4, 0.5) is 4.39 Å². The van der Waals surface area contributed by atoms with E-state index < -0.39 is 11.8 Å². The van der Waals surface area contributed by atoms with E-state index in [-0.39, 0.29) is 35.1 Å². The molecule has 0 radical (unpaired) electrons. The van der Waals surface area contributed by atoms with Crippen molar-refractivity contribution in [2.75, 3.05) is 7.11 Å². The van der Waals surface area contributed by atoms with E-state index in [2.05, 4.69) is 4.74 Å². The first-order valence-corrected chi connectivity index (χ1v) is 9.04. The summed E-state index contributed by atoms with van der Waals surface area (Å²) in [5.74, 6) is -0.618. The minimum absolute atomic E-state index is 0.0449. The van der Waals surface area contributed by atoms with Crippen LogP contribution in [-0.2, 0) is 22.4 Å². The SMILES string of the molecule is COC(=O)CCc1cc(Cl)c(Cc2ccc(O)c(C(C)C)c2)c(Cl)c1F. The summed E-state index contributed by atoms with van der Waals surface area (Å²) in [5, 5.41) is 10.2. The zero-order valence-corrected chi connectivity index (χ0v) is 16.4. The van der Waals surface area contributed by atoms with Crippen LogP contribution < -0.4 is 0 Å². The monoisotopic (exact) mass is 398 g/mol. The van der Waals surface area contributed by atoms with Crippen LogP contribution >= 0.6 is 23.2 Å². The largest absolute Gasteiger partial charge is 0.508 e. The summed E-state index contributed by atoms with van der Waals surface area (Å²) in [6, 6.07) is 6.76. The molecule has 0 bridgehead atoms. The summed E-state index contributed by atoms with van der Waals surface area (Å²) in [4.78, 5) is 11.3. The Labute approximate surface area is 162 Å². The van der Waals surface area contributed by atoms with Crippen LogP contribution in [0.5, 0.6) is 5.75 Å². The Kier molecular flexibility index (Phi) is 6.90. The fourth-order valence-electron chi connectivity index (χ4n) is 2.74. The Balaban J connectivity index is 2.32. The maximum atomic E-state index is 14.6. The van der Waals surface area contributed by atoms with Crippen molar-refractivity contribution in [3.8, 4) is 5.75 Å². The molecule has 2 aromatic carbocycles. The lowest BCUT2D eigenvalue weighted by Crippen LogP contribution is -2.05. The number of esters is 1. The molecule has 0 spiro atoms. The Bertz CT molecular complexity index is 819. The quantitative estimate of drug-likeness (QED) is 0.504. The average Bonchev–Trinajstić information content (AvgIpc) is 2.61. The third-order valence-corrected chi connectivity index (χ3v) is 4.98. The van der Waals surface area contributed by atoms with Crippen LogP contribution in [0.3, 0.4) is 0 Å². The van der Waals surface area contributed by atoms with Gasteiger partial charge in [0.15, 0.2) is 0 Å². The number of carbonyl (C=O) groups is 1. The molecule has 0 heterocycles. The predicted octanol–water partition coefficient (Wildman–Crippen LogP) is 5.66. The number of phenols is 1. The highest BCUT2D eigenvalue weighted by atomic mass is 35.5. The van der Waals surface area contributed by atoms with Gasteiger partial charge in [-0.25, -0.2) is 4.39 Å². The van der Waals surface area contributed by atoms with Gasteiger partial charge in [-0.15, -0.1) is 0 Å². The van der Waals surface area contributed by atoms with Gasteiger partial charge in [-0.05, 0) is 46.7 Å². The normalized spacial score (nSPS) is 11.0. The standard InChI is InChI=1S/C20H21Cl2FO3/c1-11(2)14-8-12(4-6-17(14)24)9-15-16(21)10-13(20(23)19(15)22)5-7-18(25)26-3/h4,6,8,10-11,24H,5,7,9H2,1-3H3. The summed E-state index contributed by atoms with van der Waals surface area (Å²) in [5.41, 5.74) is 2.44. The molecule has 0 aromatic heterocycles. The molecular weight excluding hydrogens is 378 g/mol. The zero-order valence-electron chi connectivity index (χ0n) is 14.9. The van der Waals surface area contributed by atoms with Crippen molar-refractivity contribution in [3.63, 3.8) is 0 Å². The summed E-state index contributed by atoms with van der Waals surface area (Å²) in [7, 11) is 1.28. The smallest absolute Gasteiger partial charge is 0.305 e. The molecule has 2 aromatic rings. The number of hydrogen-bond acceptors (Lipinski definition) is 3. The van der Waals surface area contributed by atoms with Gasteiger partial charge in [-0.3, -0.25) is 4.79 Å². The molecule has 0 saturated carbocycles. The number of aryl methyl sites for hydroxylation is 1. The van der Waals surface area contributed by atoms with Gasteiger partial charge in [-0.1, -0.05) is 49.2 Å². The van der Waals surface area contributed by atoms with Crippen molar-refractivity contribution in [1.29, 1.82) is 0 Å². The van der Waals surface area contributed by atoms with E-state index in [0.717, 1.165) is 11.1 Å². The minimum Gasteiger partial charge on any atom is -0.508 e. The Morgan fingerprint density at radius 1 is 1.27 bits per heavy atom.